The molecular formula is C13H16N2OS2. The van der Waals surface area contributed by atoms with Gasteiger partial charge in [0.2, 0.25) is 0 Å². The molecular weight excluding hydrogens is 264 g/mol. The number of rotatable bonds is 3. The molecule has 0 radical (unpaired) electrons. The van der Waals surface area contributed by atoms with Crippen LogP contribution in [0.3, 0.4) is 0 Å². The van der Waals surface area contributed by atoms with E-state index in [0.29, 0.717) is 0 Å². The van der Waals surface area contributed by atoms with Gasteiger partial charge in [0.1, 0.15) is 5.01 Å². The molecule has 3 nitrogen and oxygen atoms in total. The Morgan fingerprint density at radius 2 is 2.22 bits per heavy atom. The molecule has 0 spiro atoms. The molecule has 2 aromatic heterocycles. The zero-order chi connectivity index (χ0) is 12.4. The van der Waals surface area contributed by atoms with Crippen LogP contribution in [0.15, 0.2) is 23.7 Å². The van der Waals surface area contributed by atoms with E-state index in [4.69, 9.17) is 0 Å². The van der Waals surface area contributed by atoms with E-state index < -0.39 is 0 Å². The Labute approximate surface area is 115 Å². The molecule has 5 heteroatoms. The van der Waals surface area contributed by atoms with Gasteiger partial charge < -0.3 is 5.11 Å². The highest BCUT2D eigenvalue weighted by Crippen LogP contribution is 2.29. The molecule has 0 saturated carbocycles. The van der Waals surface area contributed by atoms with E-state index >= 15 is 0 Å². The third-order valence-corrected chi connectivity index (χ3v) is 5.24. The van der Waals surface area contributed by atoms with E-state index in [1.54, 1.807) is 22.7 Å². The van der Waals surface area contributed by atoms with Crippen molar-refractivity contribution in [1.29, 1.82) is 0 Å². The zero-order valence-corrected chi connectivity index (χ0v) is 11.7. The molecule has 3 rings (SSSR count). The van der Waals surface area contributed by atoms with Gasteiger partial charge >= 0.3 is 0 Å². The summed E-state index contributed by atoms with van der Waals surface area (Å²) in [6, 6.07) is 4.18. The Morgan fingerprint density at radius 3 is 2.94 bits per heavy atom. The van der Waals surface area contributed by atoms with Gasteiger partial charge in [-0.05, 0) is 24.3 Å². The number of nitrogens with zero attached hydrogens (tertiary/aromatic N) is 2. The third-order valence-electron chi connectivity index (χ3n) is 3.22. The predicted molar refractivity (Wildman–Crippen MR) is 75.9 cm³/mol. The summed E-state index contributed by atoms with van der Waals surface area (Å²) in [6.45, 7) is 2.95. The summed E-state index contributed by atoms with van der Waals surface area (Å²) >= 11 is 3.52. The van der Waals surface area contributed by atoms with Crippen molar-refractivity contribution in [1.82, 2.24) is 9.88 Å². The fourth-order valence-electron chi connectivity index (χ4n) is 2.19. The van der Waals surface area contributed by atoms with Crippen molar-refractivity contribution >= 4 is 22.7 Å². The first kappa shape index (κ1) is 12.3. The van der Waals surface area contributed by atoms with Gasteiger partial charge in [-0.25, -0.2) is 4.98 Å². The molecule has 0 bridgehead atoms. The molecule has 3 heterocycles. The number of likely N-dealkylation sites (tertiary alicyclic amines) is 1. The molecule has 18 heavy (non-hydrogen) atoms. The van der Waals surface area contributed by atoms with Crippen molar-refractivity contribution in [3.8, 4) is 9.88 Å². The number of thiazole rings is 1. The van der Waals surface area contributed by atoms with Gasteiger partial charge in [0, 0.05) is 30.7 Å². The van der Waals surface area contributed by atoms with Crippen molar-refractivity contribution in [3.63, 3.8) is 0 Å². The van der Waals surface area contributed by atoms with Crippen LogP contribution in [0, 0.1) is 0 Å². The van der Waals surface area contributed by atoms with Crippen LogP contribution >= 0.6 is 22.7 Å². The van der Waals surface area contributed by atoms with Gasteiger partial charge in [-0.15, -0.1) is 22.7 Å². The summed E-state index contributed by atoms with van der Waals surface area (Å²) in [4.78, 5) is 9.46. The van der Waals surface area contributed by atoms with E-state index in [2.05, 4.69) is 27.4 Å². The topological polar surface area (TPSA) is 36.4 Å². The van der Waals surface area contributed by atoms with Gasteiger partial charge in [-0.2, -0.15) is 0 Å². The smallest absolute Gasteiger partial charge is 0.133 e. The van der Waals surface area contributed by atoms with Crippen molar-refractivity contribution in [2.45, 2.75) is 25.5 Å². The number of hydrogen-bond acceptors (Lipinski definition) is 5. The highest BCUT2D eigenvalue weighted by atomic mass is 32.1. The van der Waals surface area contributed by atoms with Crippen molar-refractivity contribution in [2.75, 3.05) is 13.1 Å². The van der Waals surface area contributed by atoms with E-state index in [-0.39, 0.29) is 6.10 Å². The zero-order valence-electron chi connectivity index (χ0n) is 10.1. The minimum Gasteiger partial charge on any atom is -0.393 e. The minimum absolute atomic E-state index is 0.0932. The van der Waals surface area contributed by atoms with Crippen LogP contribution in [0.2, 0.25) is 0 Å². The minimum atomic E-state index is -0.0932. The Hall–Kier alpha value is -0.750. The van der Waals surface area contributed by atoms with Crippen molar-refractivity contribution in [2.24, 2.45) is 0 Å². The van der Waals surface area contributed by atoms with E-state index in [9.17, 15) is 5.11 Å². The average molecular weight is 280 g/mol. The van der Waals surface area contributed by atoms with Crippen LogP contribution < -0.4 is 0 Å². The molecule has 1 fully saturated rings. The monoisotopic (exact) mass is 280 g/mol. The second-order valence-electron chi connectivity index (χ2n) is 4.62. The predicted octanol–water partition coefficient (Wildman–Crippen LogP) is 2.83. The lowest BCUT2D eigenvalue weighted by Gasteiger charge is -2.28. The summed E-state index contributed by atoms with van der Waals surface area (Å²) in [5.41, 5.74) is 0. The summed E-state index contributed by atoms with van der Waals surface area (Å²) in [5, 5.41) is 12.7. The first-order chi connectivity index (χ1) is 8.81. The number of aliphatic hydroxyl groups is 1. The number of aromatic nitrogens is 1. The van der Waals surface area contributed by atoms with E-state index in [1.807, 2.05) is 6.20 Å². The lowest BCUT2D eigenvalue weighted by Crippen LogP contribution is -2.35. The van der Waals surface area contributed by atoms with Crippen LogP contribution in [0.25, 0.3) is 9.88 Å². The van der Waals surface area contributed by atoms with Gasteiger partial charge in [-0.3, -0.25) is 4.90 Å². The maximum Gasteiger partial charge on any atom is 0.133 e. The molecule has 1 aliphatic rings. The second-order valence-corrected chi connectivity index (χ2v) is 6.68. The highest BCUT2D eigenvalue weighted by molar-refractivity contribution is 7.20. The standard InChI is InChI=1S/C13H16N2OS2/c16-10-3-5-15(6-4-10)9-11-8-14-13(18-11)12-2-1-7-17-12/h1-2,7-8,10,16H,3-6,9H2. The SMILES string of the molecule is OC1CCN(Cc2cnc(-c3cccs3)s2)CC1. The Bertz CT molecular complexity index is 487. The van der Waals surface area contributed by atoms with Crippen LogP contribution in [0.4, 0.5) is 0 Å². The largest absolute Gasteiger partial charge is 0.393 e. The molecule has 1 aliphatic heterocycles. The Kier molecular flexibility index (Phi) is 3.75. The molecule has 0 aliphatic carbocycles. The number of aliphatic hydroxyl groups excluding tert-OH is 1. The Morgan fingerprint density at radius 1 is 1.39 bits per heavy atom. The quantitative estimate of drug-likeness (QED) is 0.939. The summed E-state index contributed by atoms with van der Waals surface area (Å²) in [6.07, 6.45) is 3.70. The first-order valence-corrected chi connectivity index (χ1v) is 7.90. The van der Waals surface area contributed by atoms with E-state index in [1.165, 1.54) is 9.75 Å². The molecule has 0 atom stereocenters. The molecule has 0 unspecified atom stereocenters. The maximum atomic E-state index is 9.49. The molecule has 2 aromatic rings. The first-order valence-electron chi connectivity index (χ1n) is 6.20. The highest BCUT2D eigenvalue weighted by Gasteiger charge is 2.17. The fourth-order valence-corrected chi connectivity index (χ4v) is 3.95. The lowest BCUT2D eigenvalue weighted by atomic mass is 10.1. The van der Waals surface area contributed by atoms with Crippen molar-refractivity contribution < 1.29 is 5.11 Å². The lowest BCUT2D eigenvalue weighted by molar-refractivity contribution is 0.0797. The third kappa shape index (κ3) is 2.80. The Balaban J connectivity index is 1.64. The van der Waals surface area contributed by atoms with Crippen LogP contribution in [-0.2, 0) is 6.54 Å². The van der Waals surface area contributed by atoms with Gasteiger partial charge in [0.15, 0.2) is 0 Å². The average Bonchev–Trinajstić information content (AvgIpc) is 3.02. The van der Waals surface area contributed by atoms with Crippen LogP contribution in [0.5, 0.6) is 0 Å². The van der Waals surface area contributed by atoms with Crippen LogP contribution in [0.1, 0.15) is 17.7 Å². The number of hydrogen-bond donors (Lipinski definition) is 1. The van der Waals surface area contributed by atoms with Crippen molar-refractivity contribution in [3.05, 3.63) is 28.6 Å². The normalized spacial score (nSPS) is 18.3. The molecule has 0 amide bonds. The summed E-state index contributed by atoms with van der Waals surface area (Å²) in [7, 11) is 0. The van der Waals surface area contributed by atoms with E-state index in [0.717, 1.165) is 37.5 Å². The molecule has 0 aromatic carbocycles. The fraction of sp³-hybridized carbons (Fsp3) is 0.462. The van der Waals surface area contributed by atoms with Gasteiger partial charge in [0.25, 0.3) is 0 Å². The number of thiophene rings is 1. The van der Waals surface area contributed by atoms with Crippen LogP contribution in [-0.4, -0.2) is 34.2 Å². The van der Waals surface area contributed by atoms with Gasteiger partial charge in [0.05, 0.1) is 11.0 Å². The van der Waals surface area contributed by atoms with Gasteiger partial charge in [-0.1, -0.05) is 6.07 Å². The maximum absolute atomic E-state index is 9.49. The molecule has 1 saturated heterocycles. The molecule has 96 valence electrons. The summed E-state index contributed by atoms with van der Waals surface area (Å²) in [5.74, 6) is 0. The number of piperidine rings is 1. The molecule has 1 N–H and O–H groups in total. The summed E-state index contributed by atoms with van der Waals surface area (Å²) < 4.78 is 0. The second kappa shape index (κ2) is 5.48.